The Hall–Kier alpha value is -2.08. The third-order valence-corrected chi connectivity index (χ3v) is 4.60. The molecule has 0 aromatic heterocycles. The second-order valence-corrected chi connectivity index (χ2v) is 6.98. The quantitative estimate of drug-likeness (QED) is 0.291. The van der Waals surface area contributed by atoms with E-state index < -0.39 is 41.5 Å². The fourth-order valence-corrected chi connectivity index (χ4v) is 3.14. The number of nitrogen functional groups attached to an aromatic ring is 2. The van der Waals surface area contributed by atoms with Crippen molar-refractivity contribution in [2.45, 2.75) is 9.79 Å². The van der Waals surface area contributed by atoms with Gasteiger partial charge in [0.2, 0.25) is 0 Å². The Kier molecular flexibility index (Phi) is 3.25. The van der Waals surface area contributed by atoms with Crippen LogP contribution in [0.15, 0.2) is 28.0 Å². The van der Waals surface area contributed by atoms with E-state index in [-0.39, 0.29) is 16.5 Å². The molecular weight excluding hydrogens is 324 g/mol. The Bertz CT molecular complexity index is 960. The zero-order chi connectivity index (χ0) is 16.2. The molecule has 2 aromatic carbocycles. The molecule has 0 atom stereocenters. The topological polar surface area (TPSA) is 181 Å². The number of anilines is 2. The predicted octanol–water partition coefficient (Wildman–Crippen LogP) is 0.203. The first-order valence-electron chi connectivity index (χ1n) is 5.22. The predicted molar refractivity (Wildman–Crippen MR) is 74.1 cm³/mol. The molecule has 0 radical (unpaired) electrons. The minimum atomic E-state index is -4.73. The summed E-state index contributed by atoms with van der Waals surface area (Å²) in [6.07, 6.45) is 0. The molecule has 0 aliphatic heterocycles. The van der Waals surface area contributed by atoms with Crippen molar-refractivity contribution in [2.24, 2.45) is 0 Å². The summed E-state index contributed by atoms with van der Waals surface area (Å²) in [5, 5.41) is 9.71. The van der Waals surface area contributed by atoms with E-state index in [1.54, 1.807) is 0 Å². The summed E-state index contributed by atoms with van der Waals surface area (Å²) < 4.78 is 62.7. The summed E-state index contributed by atoms with van der Waals surface area (Å²) >= 11 is 0. The number of phenols is 1. The molecule has 114 valence electrons. The molecule has 0 saturated heterocycles. The van der Waals surface area contributed by atoms with E-state index in [2.05, 4.69) is 0 Å². The maximum atomic E-state index is 11.2. The highest BCUT2D eigenvalue weighted by molar-refractivity contribution is 7.86. The smallest absolute Gasteiger partial charge is 0.296 e. The number of hydrogen-bond donors (Lipinski definition) is 5. The van der Waals surface area contributed by atoms with Gasteiger partial charge in [-0.05, 0) is 23.6 Å². The number of benzene rings is 2. The van der Waals surface area contributed by atoms with E-state index in [0.717, 1.165) is 18.2 Å². The number of nitrogens with two attached hydrogens (primary N) is 2. The van der Waals surface area contributed by atoms with Gasteiger partial charge in [0.1, 0.15) is 15.5 Å². The molecule has 0 fully saturated rings. The lowest BCUT2D eigenvalue weighted by Gasteiger charge is -2.11. The van der Waals surface area contributed by atoms with Crippen molar-refractivity contribution in [2.75, 3.05) is 11.5 Å². The molecule has 0 aliphatic carbocycles. The van der Waals surface area contributed by atoms with Crippen molar-refractivity contribution in [3.05, 3.63) is 18.2 Å². The molecule has 0 bridgehead atoms. The van der Waals surface area contributed by atoms with Gasteiger partial charge in [0.15, 0.2) is 0 Å². The van der Waals surface area contributed by atoms with Gasteiger partial charge in [-0.3, -0.25) is 9.11 Å². The summed E-state index contributed by atoms with van der Waals surface area (Å²) in [5.41, 5.74) is 9.90. The van der Waals surface area contributed by atoms with Crippen LogP contribution in [0, 0.1) is 0 Å². The Morgan fingerprint density at radius 2 is 1.33 bits per heavy atom. The number of fused-ring (bicyclic) bond motifs is 1. The van der Waals surface area contributed by atoms with Gasteiger partial charge in [0, 0.05) is 5.39 Å². The van der Waals surface area contributed by atoms with Gasteiger partial charge in [0.05, 0.1) is 11.4 Å². The standard InChI is InChI=1S/C10H10N2O7S2/c11-6-3-5-4(1-7(6)20(14,15)16)2-8(21(17,18)19)9(12)10(5)13/h1-3,13H,11-12H2,(H,14,15,16)(H,17,18,19). The van der Waals surface area contributed by atoms with Gasteiger partial charge in [-0.15, -0.1) is 0 Å². The third kappa shape index (κ3) is 2.58. The summed E-state index contributed by atoms with van der Waals surface area (Å²) in [7, 11) is -9.38. The Morgan fingerprint density at radius 1 is 0.857 bits per heavy atom. The monoisotopic (exact) mass is 334 g/mol. The summed E-state index contributed by atoms with van der Waals surface area (Å²) in [5.74, 6) is -0.686. The van der Waals surface area contributed by atoms with Crippen molar-refractivity contribution in [1.82, 2.24) is 0 Å². The second-order valence-electron chi connectivity index (χ2n) is 4.20. The molecule has 9 nitrogen and oxygen atoms in total. The minimum Gasteiger partial charge on any atom is -0.505 e. The molecule has 2 aromatic rings. The summed E-state index contributed by atoms with van der Waals surface area (Å²) in [4.78, 5) is -1.46. The van der Waals surface area contributed by atoms with Crippen LogP contribution in [0.1, 0.15) is 0 Å². The molecule has 0 amide bonds. The number of phenolic OH excluding ortho intramolecular Hbond substituents is 1. The molecule has 0 aliphatic rings. The first kappa shape index (κ1) is 15.3. The molecule has 0 spiro atoms. The van der Waals surface area contributed by atoms with E-state index in [1.807, 2.05) is 0 Å². The van der Waals surface area contributed by atoms with E-state index in [9.17, 15) is 21.9 Å². The van der Waals surface area contributed by atoms with Crippen LogP contribution >= 0.6 is 0 Å². The largest absolute Gasteiger partial charge is 0.505 e. The number of rotatable bonds is 2. The van der Waals surface area contributed by atoms with Crippen molar-refractivity contribution in [3.63, 3.8) is 0 Å². The highest BCUT2D eigenvalue weighted by Gasteiger charge is 2.22. The van der Waals surface area contributed by atoms with Crippen LogP contribution in [0.3, 0.4) is 0 Å². The fourth-order valence-electron chi connectivity index (χ4n) is 1.85. The van der Waals surface area contributed by atoms with Crippen molar-refractivity contribution >= 4 is 42.4 Å². The van der Waals surface area contributed by atoms with Crippen molar-refractivity contribution < 1.29 is 31.0 Å². The van der Waals surface area contributed by atoms with Crippen molar-refractivity contribution in [3.8, 4) is 5.75 Å². The maximum absolute atomic E-state index is 11.2. The van der Waals surface area contributed by atoms with Gasteiger partial charge in [-0.25, -0.2) is 0 Å². The molecule has 21 heavy (non-hydrogen) atoms. The maximum Gasteiger partial charge on any atom is 0.296 e. The van der Waals surface area contributed by atoms with E-state index in [0.29, 0.717) is 0 Å². The van der Waals surface area contributed by atoms with Gasteiger partial charge in [0.25, 0.3) is 20.2 Å². The fraction of sp³-hybridized carbons (Fsp3) is 0. The molecule has 2 rings (SSSR count). The SMILES string of the molecule is Nc1cc2c(O)c(N)c(S(=O)(=O)O)cc2cc1S(=O)(=O)O. The van der Waals surface area contributed by atoms with Crippen LogP contribution < -0.4 is 11.5 Å². The van der Waals surface area contributed by atoms with E-state index >= 15 is 0 Å². The lowest BCUT2D eigenvalue weighted by molar-refractivity contribution is 0.473. The molecule has 0 unspecified atom stereocenters. The average molecular weight is 334 g/mol. The van der Waals surface area contributed by atoms with Crippen LogP contribution in [0.25, 0.3) is 10.8 Å². The van der Waals surface area contributed by atoms with Gasteiger partial charge < -0.3 is 16.6 Å². The van der Waals surface area contributed by atoms with Gasteiger partial charge in [-0.1, -0.05) is 0 Å². The molecular formula is C10H10N2O7S2. The lowest BCUT2D eigenvalue weighted by atomic mass is 10.1. The number of aromatic hydroxyl groups is 1. The van der Waals surface area contributed by atoms with Gasteiger partial charge in [-0.2, -0.15) is 16.8 Å². The summed E-state index contributed by atoms with van der Waals surface area (Å²) in [6, 6.07) is 2.72. The zero-order valence-corrected chi connectivity index (χ0v) is 11.8. The molecule has 0 saturated carbocycles. The van der Waals surface area contributed by atoms with Crippen molar-refractivity contribution in [1.29, 1.82) is 0 Å². The summed E-state index contributed by atoms with van der Waals surface area (Å²) in [6.45, 7) is 0. The minimum absolute atomic E-state index is 0.0372. The van der Waals surface area contributed by atoms with Crippen LogP contribution in [0.4, 0.5) is 11.4 Å². The van der Waals surface area contributed by atoms with Gasteiger partial charge >= 0.3 is 0 Å². The highest BCUT2D eigenvalue weighted by atomic mass is 32.2. The zero-order valence-electron chi connectivity index (χ0n) is 10.2. The van der Waals surface area contributed by atoms with Crippen LogP contribution in [-0.2, 0) is 20.2 Å². The number of hydrogen-bond acceptors (Lipinski definition) is 7. The van der Waals surface area contributed by atoms with Crippen LogP contribution in [-0.4, -0.2) is 31.0 Å². The molecule has 7 N–H and O–H groups in total. The molecule has 11 heteroatoms. The first-order chi connectivity index (χ1) is 9.43. The average Bonchev–Trinajstić information content (AvgIpc) is 2.31. The Balaban J connectivity index is 3.01. The van der Waals surface area contributed by atoms with Crippen LogP contribution in [0.2, 0.25) is 0 Å². The lowest BCUT2D eigenvalue weighted by Crippen LogP contribution is -2.06. The highest BCUT2D eigenvalue weighted by Crippen LogP contribution is 2.38. The Morgan fingerprint density at radius 3 is 1.81 bits per heavy atom. The normalized spacial score (nSPS) is 12.7. The van der Waals surface area contributed by atoms with E-state index in [1.165, 1.54) is 0 Å². The molecule has 0 heterocycles. The van der Waals surface area contributed by atoms with Crippen LogP contribution in [0.5, 0.6) is 5.75 Å². The van der Waals surface area contributed by atoms with E-state index in [4.69, 9.17) is 20.6 Å². The first-order valence-corrected chi connectivity index (χ1v) is 8.10. The Labute approximate surface area is 119 Å². The third-order valence-electron chi connectivity index (χ3n) is 2.80. The second kappa shape index (κ2) is 4.46.